The van der Waals surface area contributed by atoms with E-state index in [2.05, 4.69) is 15.2 Å². The molecule has 2 aliphatic heterocycles. The van der Waals surface area contributed by atoms with Crippen molar-refractivity contribution in [1.29, 1.82) is 0 Å². The van der Waals surface area contributed by atoms with E-state index >= 15 is 0 Å². The Bertz CT molecular complexity index is 1110. The number of carboxylic acid groups (broad SMARTS) is 1. The summed E-state index contributed by atoms with van der Waals surface area (Å²) in [5, 5.41) is 13.2. The van der Waals surface area contributed by atoms with E-state index in [0.717, 1.165) is 36.5 Å². The number of thiocarbonyl (C=S) groups is 1. The van der Waals surface area contributed by atoms with Crippen LogP contribution in [0.2, 0.25) is 0 Å². The number of aromatic nitrogens is 1. The number of nitrogens with zero attached hydrogens (tertiary/aromatic N) is 2. The molecule has 0 saturated carbocycles. The Labute approximate surface area is 191 Å². The molecule has 2 N–H and O–H groups in total. The maximum Gasteiger partial charge on any atom is 0.335 e. The largest absolute Gasteiger partial charge is 0.478 e. The van der Waals surface area contributed by atoms with Gasteiger partial charge in [0.2, 0.25) is 0 Å². The molecule has 4 heterocycles. The van der Waals surface area contributed by atoms with Crippen molar-refractivity contribution in [3.05, 3.63) is 77.8 Å². The summed E-state index contributed by atoms with van der Waals surface area (Å²) in [7, 11) is 0. The SMILES string of the molecule is O=C(O)c1ccc(-c2ccc(C3C(c4ccccn4)NC(=S)N3CC3CCCO3)o2)cc1. The zero-order valence-electron chi connectivity index (χ0n) is 17.3. The van der Waals surface area contributed by atoms with Crippen LogP contribution in [0.3, 0.4) is 0 Å². The van der Waals surface area contributed by atoms with Crippen LogP contribution in [0.15, 0.2) is 65.2 Å². The average molecular weight is 450 g/mol. The number of benzene rings is 1. The molecular formula is C24H23N3O4S. The van der Waals surface area contributed by atoms with Crippen LogP contribution in [0, 0.1) is 0 Å². The number of ether oxygens (including phenoxy) is 1. The summed E-state index contributed by atoms with van der Waals surface area (Å²) in [6, 6.07) is 16.0. The third-order valence-corrected chi connectivity index (χ3v) is 6.31. The number of hydrogen-bond donors (Lipinski definition) is 2. The van der Waals surface area contributed by atoms with Gasteiger partial charge in [0.15, 0.2) is 5.11 Å². The van der Waals surface area contributed by atoms with Crippen LogP contribution in [-0.4, -0.2) is 45.3 Å². The molecule has 3 atom stereocenters. The van der Waals surface area contributed by atoms with Gasteiger partial charge in [-0.15, -0.1) is 0 Å². The molecule has 3 unspecified atom stereocenters. The monoisotopic (exact) mass is 449 g/mol. The molecule has 2 saturated heterocycles. The first-order valence-corrected chi connectivity index (χ1v) is 11.0. The van der Waals surface area contributed by atoms with Gasteiger partial charge in [-0.1, -0.05) is 18.2 Å². The first-order chi connectivity index (χ1) is 15.6. The molecule has 32 heavy (non-hydrogen) atoms. The second-order valence-electron chi connectivity index (χ2n) is 8.00. The van der Waals surface area contributed by atoms with Gasteiger partial charge in [0, 0.05) is 24.9 Å². The Kier molecular flexibility index (Phi) is 5.63. The van der Waals surface area contributed by atoms with Gasteiger partial charge in [-0.3, -0.25) is 4.98 Å². The molecule has 0 spiro atoms. The van der Waals surface area contributed by atoms with Crippen LogP contribution in [0.25, 0.3) is 11.3 Å². The van der Waals surface area contributed by atoms with Gasteiger partial charge in [-0.25, -0.2) is 4.79 Å². The fraction of sp³-hybridized carbons (Fsp3) is 0.292. The van der Waals surface area contributed by atoms with Crippen molar-refractivity contribution in [3.8, 4) is 11.3 Å². The minimum Gasteiger partial charge on any atom is -0.478 e. The number of carboxylic acids is 1. The number of aromatic carboxylic acids is 1. The molecule has 2 aromatic heterocycles. The van der Waals surface area contributed by atoms with Crippen molar-refractivity contribution in [3.63, 3.8) is 0 Å². The van der Waals surface area contributed by atoms with E-state index in [9.17, 15) is 4.79 Å². The Morgan fingerprint density at radius 3 is 2.72 bits per heavy atom. The van der Waals surface area contributed by atoms with Crippen molar-refractivity contribution >= 4 is 23.3 Å². The molecule has 7 nitrogen and oxygen atoms in total. The molecule has 8 heteroatoms. The number of rotatable bonds is 6. The Hall–Kier alpha value is -3.23. The van der Waals surface area contributed by atoms with Gasteiger partial charge in [-0.2, -0.15) is 0 Å². The number of carbonyl (C=O) groups is 1. The lowest BCUT2D eigenvalue weighted by Gasteiger charge is -2.28. The minimum absolute atomic E-state index is 0.137. The lowest BCUT2D eigenvalue weighted by molar-refractivity contribution is 0.0696. The van der Waals surface area contributed by atoms with E-state index in [1.54, 1.807) is 30.5 Å². The van der Waals surface area contributed by atoms with Crippen molar-refractivity contribution in [1.82, 2.24) is 15.2 Å². The van der Waals surface area contributed by atoms with Gasteiger partial charge >= 0.3 is 5.97 Å². The minimum atomic E-state index is -0.954. The number of nitrogens with one attached hydrogen (secondary N) is 1. The summed E-state index contributed by atoms with van der Waals surface area (Å²) in [5.41, 5.74) is 1.94. The summed E-state index contributed by atoms with van der Waals surface area (Å²) in [5.74, 6) is 0.486. The molecule has 0 radical (unpaired) electrons. The van der Waals surface area contributed by atoms with Crippen LogP contribution in [0.4, 0.5) is 0 Å². The smallest absolute Gasteiger partial charge is 0.335 e. The van der Waals surface area contributed by atoms with E-state index in [-0.39, 0.29) is 23.8 Å². The van der Waals surface area contributed by atoms with E-state index in [0.29, 0.717) is 17.4 Å². The Balaban J connectivity index is 1.48. The van der Waals surface area contributed by atoms with Crippen LogP contribution in [-0.2, 0) is 4.74 Å². The summed E-state index contributed by atoms with van der Waals surface area (Å²) in [6.45, 7) is 1.47. The lowest BCUT2D eigenvalue weighted by atomic mass is 10.0. The maximum absolute atomic E-state index is 11.1. The predicted octanol–water partition coefficient (Wildman–Crippen LogP) is 4.19. The van der Waals surface area contributed by atoms with Crippen LogP contribution in [0.5, 0.6) is 0 Å². The van der Waals surface area contributed by atoms with Crippen LogP contribution < -0.4 is 5.32 Å². The fourth-order valence-electron chi connectivity index (χ4n) is 4.36. The summed E-state index contributed by atoms with van der Waals surface area (Å²) >= 11 is 5.70. The molecule has 0 amide bonds. The van der Waals surface area contributed by atoms with Crippen molar-refractivity contribution in [2.45, 2.75) is 31.0 Å². The highest BCUT2D eigenvalue weighted by atomic mass is 32.1. The van der Waals surface area contributed by atoms with Gasteiger partial charge in [-0.05, 0) is 61.5 Å². The van der Waals surface area contributed by atoms with Gasteiger partial charge in [0.05, 0.1) is 23.4 Å². The fourth-order valence-corrected chi connectivity index (χ4v) is 4.68. The molecular weight excluding hydrogens is 426 g/mol. The first kappa shape index (κ1) is 20.7. The molecule has 1 aromatic carbocycles. The van der Waals surface area contributed by atoms with Crippen LogP contribution >= 0.6 is 12.2 Å². The highest BCUT2D eigenvalue weighted by molar-refractivity contribution is 7.80. The molecule has 5 rings (SSSR count). The van der Waals surface area contributed by atoms with Crippen molar-refractivity contribution in [2.24, 2.45) is 0 Å². The topological polar surface area (TPSA) is 87.8 Å². The third kappa shape index (κ3) is 3.99. The summed E-state index contributed by atoms with van der Waals surface area (Å²) in [4.78, 5) is 17.8. The summed E-state index contributed by atoms with van der Waals surface area (Å²) < 4.78 is 12.2. The van der Waals surface area contributed by atoms with E-state index in [1.807, 2.05) is 30.3 Å². The Morgan fingerprint density at radius 1 is 1.19 bits per heavy atom. The molecule has 2 fully saturated rings. The number of pyridine rings is 1. The van der Waals surface area contributed by atoms with Gasteiger partial charge < -0.3 is 24.5 Å². The number of furan rings is 1. The van der Waals surface area contributed by atoms with E-state index in [1.165, 1.54) is 0 Å². The predicted molar refractivity (Wildman–Crippen MR) is 122 cm³/mol. The second kappa shape index (κ2) is 8.72. The highest BCUT2D eigenvalue weighted by Gasteiger charge is 2.42. The molecule has 3 aromatic rings. The Morgan fingerprint density at radius 2 is 2.03 bits per heavy atom. The highest BCUT2D eigenvalue weighted by Crippen LogP contribution is 2.41. The zero-order valence-corrected chi connectivity index (χ0v) is 18.1. The molecule has 164 valence electrons. The second-order valence-corrected chi connectivity index (χ2v) is 8.39. The van der Waals surface area contributed by atoms with E-state index < -0.39 is 5.97 Å². The van der Waals surface area contributed by atoms with Crippen LogP contribution in [0.1, 0.15) is 46.7 Å². The number of hydrogen-bond acceptors (Lipinski definition) is 5. The maximum atomic E-state index is 11.1. The van der Waals surface area contributed by atoms with Gasteiger partial charge in [0.1, 0.15) is 17.6 Å². The van der Waals surface area contributed by atoms with E-state index in [4.69, 9.17) is 26.5 Å². The average Bonchev–Trinajstić information content (AvgIpc) is 3.56. The summed E-state index contributed by atoms with van der Waals surface area (Å²) in [6.07, 6.45) is 3.99. The molecule has 2 aliphatic rings. The lowest BCUT2D eigenvalue weighted by Crippen LogP contribution is -2.36. The standard InChI is InChI=1S/C24H23N3O4S/c28-23(29)16-8-6-15(7-9-16)19-10-11-20(31-19)22-21(18-5-1-2-12-25-18)26-24(32)27(22)14-17-4-3-13-30-17/h1-2,5-12,17,21-22H,3-4,13-14H2,(H,26,32)(H,28,29). The molecule has 0 bridgehead atoms. The first-order valence-electron chi connectivity index (χ1n) is 10.6. The normalized spacial score (nSPS) is 22.8. The van der Waals surface area contributed by atoms with Gasteiger partial charge in [0.25, 0.3) is 0 Å². The zero-order chi connectivity index (χ0) is 22.1. The van der Waals surface area contributed by atoms with Crippen molar-refractivity contribution < 1.29 is 19.1 Å². The molecule has 0 aliphatic carbocycles. The van der Waals surface area contributed by atoms with Crippen molar-refractivity contribution in [2.75, 3.05) is 13.2 Å². The third-order valence-electron chi connectivity index (χ3n) is 5.96. The quantitative estimate of drug-likeness (QED) is 0.542.